The van der Waals surface area contributed by atoms with Crippen molar-refractivity contribution in [1.29, 1.82) is 5.41 Å². The summed E-state index contributed by atoms with van der Waals surface area (Å²) in [7, 11) is -3.94. The second kappa shape index (κ2) is 10.9. The van der Waals surface area contributed by atoms with Crippen molar-refractivity contribution in [3.8, 4) is 16.9 Å². The first-order chi connectivity index (χ1) is 19.5. The number of hydrogen-bond donors (Lipinski definition) is 5. The molecule has 11 heteroatoms. The molecule has 0 aromatic heterocycles. The van der Waals surface area contributed by atoms with E-state index in [4.69, 9.17) is 16.3 Å². The van der Waals surface area contributed by atoms with E-state index in [9.17, 15) is 23.1 Å². The van der Waals surface area contributed by atoms with Gasteiger partial charge in [-0.3, -0.25) is 15.0 Å². The molecule has 0 aliphatic carbocycles. The summed E-state index contributed by atoms with van der Waals surface area (Å²) < 4.78 is 24.0. The molecule has 2 amide bonds. The number of nitrogens with zero attached hydrogens (tertiary/aromatic N) is 1. The molecule has 0 fully saturated rings. The summed E-state index contributed by atoms with van der Waals surface area (Å²) in [5.41, 5.74) is 9.32. The van der Waals surface area contributed by atoms with Gasteiger partial charge in [-0.2, -0.15) is 0 Å². The van der Waals surface area contributed by atoms with Gasteiger partial charge < -0.3 is 21.1 Å². The SMILES string of the molecule is N=C(N)c1cccc(C(=O)N2Cc3ccc(O)cc3C[C@H]2C(=O)Nc2ccc(-c3ccccc3S(N)(=O)=O)cc2)c1. The summed E-state index contributed by atoms with van der Waals surface area (Å²) in [5, 5.41) is 25.9. The highest BCUT2D eigenvalue weighted by molar-refractivity contribution is 7.89. The number of fused-ring (bicyclic) bond motifs is 1. The van der Waals surface area contributed by atoms with Gasteiger partial charge in [0.15, 0.2) is 0 Å². The molecule has 208 valence electrons. The Labute approximate surface area is 236 Å². The Bertz CT molecular complexity index is 1790. The molecule has 4 aromatic carbocycles. The molecule has 0 unspecified atom stereocenters. The molecule has 0 radical (unpaired) electrons. The van der Waals surface area contributed by atoms with Crippen LogP contribution in [0.25, 0.3) is 11.1 Å². The number of aromatic hydroxyl groups is 1. The van der Waals surface area contributed by atoms with Crippen molar-refractivity contribution >= 4 is 33.4 Å². The highest BCUT2D eigenvalue weighted by Crippen LogP contribution is 2.30. The second-order valence-electron chi connectivity index (χ2n) is 9.71. The fourth-order valence-corrected chi connectivity index (χ4v) is 5.67. The highest BCUT2D eigenvalue weighted by atomic mass is 32.2. The number of carbonyl (C=O) groups excluding carboxylic acids is 2. The zero-order chi connectivity index (χ0) is 29.3. The minimum absolute atomic E-state index is 0.0103. The molecular formula is C30H27N5O5S. The number of nitrogen functional groups attached to an aromatic ring is 1. The highest BCUT2D eigenvalue weighted by Gasteiger charge is 2.35. The number of amides is 2. The van der Waals surface area contributed by atoms with E-state index in [-0.39, 0.29) is 35.0 Å². The van der Waals surface area contributed by atoms with Crippen LogP contribution in [0.2, 0.25) is 0 Å². The van der Waals surface area contributed by atoms with Crippen LogP contribution in [0.3, 0.4) is 0 Å². The molecule has 1 heterocycles. The molecule has 1 aliphatic heterocycles. The fraction of sp³-hybridized carbons (Fsp3) is 0.100. The molecule has 10 nitrogen and oxygen atoms in total. The molecule has 0 saturated heterocycles. The van der Waals surface area contributed by atoms with Gasteiger partial charge in [-0.1, -0.05) is 48.5 Å². The van der Waals surface area contributed by atoms with Crippen molar-refractivity contribution in [2.24, 2.45) is 10.9 Å². The fourth-order valence-electron chi connectivity index (χ4n) is 4.91. The molecule has 0 bridgehead atoms. The zero-order valence-electron chi connectivity index (χ0n) is 21.7. The van der Waals surface area contributed by atoms with Gasteiger partial charge in [-0.25, -0.2) is 13.6 Å². The maximum absolute atomic E-state index is 13.7. The first kappa shape index (κ1) is 27.6. The lowest BCUT2D eigenvalue weighted by molar-refractivity contribution is -0.121. The van der Waals surface area contributed by atoms with Gasteiger partial charge in [-0.15, -0.1) is 0 Å². The van der Waals surface area contributed by atoms with E-state index in [1.165, 1.54) is 23.1 Å². The first-order valence-corrected chi connectivity index (χ1v) is 14.2. The summed E-state index contributed by atoms with van der Waals surface area (Å²) >= 11 is 0. The number of nitrogens with one attached hydrogen (secondary N) is 2. The number of primary sulfonamides is 1. The van der Waals surface area contributed by atoms with E-state index >= 15 is 0 Å². The van der Waals surface area contributed by atoms with Crippen LogP contribution in [-0.2, 0) is 27.8 Å². The third-order valence-corrected chi connectivity index (χ3v) is 7.93. The average Bonchev–Trinajstić information content (AvgIpc) is 2.96. The molecule has 4 aromatic rings. The Morgan fingerprint density at radius 3 is 2.32 bits per heavy atom. The number of sulfonamides is 1. The standard InChI is InChI=1S/C30H27N5O5S/c31-28(32)19-4-3-5-20(14-19)30(38)35-17-21-10-13-24(36)15-22(21)16-26(35)29(37)34-23-11-8-18(9-12-23)25-6-1-2-7-27(25)41(33,39)40/h1-15,26,36H,16-17H2,(H3,31,32)(H,34,37)(H2,33,39,40)/t26-/m0/s1. The summed E-state index contributed by atoms with van der Waals surface area (Å²) in [6, 6.07) is 23.3. The first-order valence-electron chi connectivity index (χ1n) is 12.6. The number of hydrogen-bond acceptors (Lipinski definition) is 6. The van der Waals surface area contributed by atoms with Gasteiger partial charge in [0.05, 0.1) is 4.90 Å². The van der Waals surface area contributed by atoms with Crippen molar-refractivity contribution in [3.63, 3.8) is 0 Å². The third kappa shape index (κ3) is 5.81. The molecule has 1 aliphatic rings. The Morgan fingerprint density at radius 2 is 1.61 bits per heavy atom. The van der Waals surface area contributed by atoms with E-state index < -0.39 is 27.9 Å². The lowest BCUT2D eigenvalue weighted by atomic mass is 9.92. The number of amidine groups is 1. The van der Waals surface area contributed by atoms with Crippen LogP contribution in [-0.4, -0.2) is 42.1 Å². The number of nitrogens with two attached hydrogens (primary N) is 2. The van der Waals surface area contributed by atoms with Gasteiger partial charge in [0.2, 0.25) is 15.9 Å². The van der Waals surface area contributed by atoms with Crippen molar-refractivity contribution < 1.29 is 23.1 Å². The van der Waals surface area contributed by atoms with Crippen LogP contribution < -0.4 is 16.2 Å². The van der Waals surface area contributed by atoms with Crippen molar-refractivity contribution in [3.05, 3.63) is 113 Å². The van der Waals surface area contributed by atoms with E-state index in [2.05, 4.69) is 5.32 Å². The van der Waals surface area contributed by atoms with E-state index in [0.717, 1.165) is 11.1 Å². The normalized spacial score (nSPS) is 14.7. The Balaban J connectivity index is 1.43. The topological polar surface area (TPSA) is 180 Å². The van der Waals surface area contributed by atoms with Crippen LogP contribution in [0.15, 0.2) is 95.9 Å². The lowest BCUT2D eigenvalue weighted by Gasteiger charge is -2.36. The Hall–Kier alpha value is -5.00. The number of phenols is 1. The number of carbonyl (C=O) groups is 2. The van der Waals surface area contributed by atoms with Crippen LogP contribution in [0.4, 0.5) is 5.69 Å². The molecule has 1 atom stereocenters. The Morgan fingerprint density at radius 1 is 0.902 bits per heavy atom. The molecule has 7 N–H and O–H groups in total. The van der Waals surface area contributed by atoms with Crippen LogP contribution >= 0.6 is 0 Å². The predicted octanol–water partition coefficient (Wildman–Crippen LogP) is 3.20. The number of benzene rings is 4. The number of phenolic OH excluding ortho intramolecular Hbond substituents is 1. The maximum atomic E-state index is 13.7. The molecule has 5 rings (SSSR count). The summed E-state index contributed by atoms with van der Waals surface area (Å²) in [4.78, 5) is 28.7. The molecular weight excluding hydrogens is 542 g/mol. The third-order valence-electron chi connectivity index (χ3n) is 6.96. The second-order valence-corrected chi connectivity index (χ2v) is 11.2. The number of rotatable bonds is 6. The zero-order valence-corrected chi connectivity index (χ0v) is 22.6. The number of anilines is 1. The quantitative estimate of drug-likeness (QED) is 0.176. The minimum atomic E-state index is -3.94. The van der Waals surface area contributed by atoms with Gasteiger partial charge in [-0.05, 0) is 59.2 Å². The van der Waals surface area contributed by atoms with Crippen molar-refractivity contribution in [2.45, 2.75) is 23.9 Å². The molecule has 0 spiro atoms. The maximum Gasteiger partial charge on any atom is 0.254 e. The van der Waals surface area contributed by atoms with Crippen molar-refractivity contribution in [1.82, 2.24) is 4.90 Å². The van der Waals surface area contributed by atoms with Gasteiger partial charge in [0.1, 0.15) is 17.6 Å². The van der Waals surface area contributed by atoms with Crippen LogP contribution in [0, 0.1) is 5.41 Å². The van der Waals surface area contributed by atoms with Crippen molar-refractivity contribution in [2.75, 3.05) is 5.32 Å². The minimum Gasteiger partial charge on any atom is -0.508 e. The van der Waals surface area contributed by atoms with E-state index in [0.29, 0.717) is 22.4 Å². The predicted molar refractivity (Wildman–Crippen MR) is 155 cm³/mol. The van der Waals surface area contributed by atoms with E-state index in [1.54, 1.807) is 72.8 Å². The largest absolute Gasteiger partial charge is 0.508 e. The van der Waals surface area contributed by atoms with Crippen LogP contribution in [0.1, 0.15) is 27.0 Å². The van der Waals surface area contributed by atoms with Crippen LogP contribution in [0.5, 0.6) is 5.75 Å². The summed E-state index contributed by atoms with van der Waals surface area (Å²) in [6.45, 7) is 0.139. The van der Waals surface area contributed by atoms with Gasteiger partial charge in [0, 0.05) is 35.3 Å². The summed E-state index contributed by atoms with van der Waals surface area (Å²) in [6.07, 6.45) is 0.174. The van der Waals surface area contributed by atoms with E-state index in [1.807, 2.05) is 0 Å². The van der Waals surface area contributed by atoms with Gasteiger partial charge in [0.25, 0.3) is 5.91 Å². The average molecular weight is 570 g/mol. The summed E-state index contributed by atoms with van der Waals surface area (Å²) in [5.74, 6) is -0.953. The smallest absolute Gasteiger partial charge is 0.254 e. The molecule has 41 heavy (non-hydrogen) atoms. The molecule has 0 saturated carbocycles. The Kier molecular flexibility index (Phi) is 7.31. The lowest BCUT2D eigenvalue weighted by Crippen LogP contribution is -2.50. The van der Waals surface area contributed by atoms with Gasteiger partial charge >= 0.3 is 0 Å². The monoisotopic (exact) mass is 569 g/mol.